The third-order valence-electron chi connectivity index (χ3n) is 2.77. The van der Waals surface area contributed by atoms with Crippen molar-refractivity contribution in [1.29, 1.82) is 0 Å². The van der Waals surface area contributed by atoms with Gasteiger partial charge in [0, 0.05) is 13.1 Å². The van der Waals surface area contributed by atoms with Crippen LogP contribution < -0.4 is 10.1 Å². The number of carbonyl (C=O) groups excluding carboxylic acids is 2. The van der Waals surface area contributed by atoms with E-state index < -0.39 is 11.7 Å². The number of nitrogens with zero attached hydrogens (tertiary/aromatic N) is 1. The first-order valence-corrected chi connectivity index (χ1v) is 6.43. The maximum Gasteiger partial charge on any atom is 0.258 e. The summed E-state index contributed by atoms with van der Waals surface area (Å²) in [5.41, 5.74) is 0.110. The summed E-state index contributed by atoms with van der Waals surface area (Å²) in [7, 11) is 1.41. The molecule has 0 saturated heterocycles. The van der Waals surface area contributed by atoms with Gasteiger partial charge in [-0.1, -0.05) is 0 Å². The molecule has 5 nitrogen and oxygen atoms in total. The fourth-order valence-corrected chi connectivity index (χ4v) is 1.77. The Morgan fingerprint density at radius 1 is 1.35 bits per heavy atom. The first kappa shape index (κ1) is 15.9. The van der Waals surface area contributed by atoms with Crippen LogP contribution >= 0.6 is 0 Å². The Kier molecular flexibility index (Phi) is 5.96. The zero-order valence-electron chi connectivity index (χ0n) is 11.9. The quantitative estimate of drug-likeness (QED) is 0.858. The summed E-state index contributed by atoms with van der Waals surface area (Å²) in [6.45, 7) is 4.32. The van der Waals surface area contributed by atoms with Gasteiger partial charge in [-0.15, -0.1) is 0 Å². The number of hydrogen-bond donors (Lipinski definition) is 1. The lowest BCUT2D eigenvalue weighted by molar-refractivity contribution is -0.121. The van der Waals surface area contributed by atoms with Gasteiger partial charge >= 0.3 is 0 Å². The number of hydrogen-bond acceptors (Lipinski definition) is 3. The minimum absolute atomic E-state index is 0.0666. The lowest BCUT2D eigenvalue weighted by atomic mass is 10.1. The number of likely N-dealkylation sites (N-methyl/N-ethyl adjacent to an activating group) is 2. The van der Waals surface area contributed by atoms with Crippen LogP contribution in [0.3, 0.4) is 0 Å². The predicted octanol–water partition coefficient (Wildman–Crippen LogP) is 1.43. The molecule has 0 unspecified atom stereocenters. The Morgan fingerprint density at radius 3 is 2.60 bits per heavy atom. The number of amides is 2. The van der Waals surface area contributed by atoms with Gasteiger partial charge in [0.2, 0.25) is 5.91 Å². The van der Waals surface area contributed by atoms with E-state index in [9.17, 15) is 14.0 Å². The van der Waals surface area contributed by atoms with Crippen LogP contribution in [-0.2, 0) is 4.79 Å². The third-order valence-corrected chi connectivity index (χ3v) is 2.77. The van der Waals surface area contributed by atoms with Gasteiger partial charge in [-0.05, 0) is 32.0 Å². The maximum absolute atomic E-state index is 13.3. The number of ether oxygens (including phenoxy) is 1. The molecule has 0 atom stereocenters. The first-order chi connectivity index (χ1) is 9.53. The summed E-state index contributed by atoms with van der Waals surface area (Å²) >= 11 is 0. The maximum atomic E-state index is 13.3. The van der Waals surface area contributed by atoms with Crippen LogP contribution in [0.15, 0.2) is 18.2 Å². The molecule has 1 rings (SSSR count). The first-order valence-electron chi connectivity index (χ1n) is 6.43. The van der Waals surface area contributed by atoms with E-state index in [4.69, 9.17) is 4.74 Å². The van der Waals surface area contributed by atoms with Gasteiger partial charge in [0.05, 0.1) is 19.2 Å². The summed E-state index contributed by atoms with van der Waals surface area (Å²) in [4.78, 5) is 25.2. The van der Waals surface area contributed by atoms with E-state index in [-0.39, 0.29) is 23.8 Å². The Labute approximate surface area is 117 Å². The zero-order chi connectivity index (χ0) is 15.1. The molecule has 0 aliphatic heterocycles. The van der Waals surface area contributed by atoms with E-state index in [1.54, 1.807) is 13.8 Å². The summed E-state index contributed by atoms with van der Waals surface area (Å²) in [5.74, 6) is -0.929. The average Bonchev–Trinajstić information content (AvgIpc) is 2.44. The van der Waals surface area contributed by atoms with Crippen molar-refractivity contribution in [1.82, 2.24) is 10.2 Å². The smallest absolute Gasteiger partial charge is 0.258 e. The van der Waals surface area contributed by atoms with Crippen molar-refractivity contribution in [2.75, 3.05) is 26.7 Å². The molecule has 0 aliphatic rings. The predicted molar refractivity (Wildman–Crippen MR) is 73.2 cm³/mol. The van der Waals surface area contributed by atoms with Crippen LogP contribution in [0.1, 0.15) is 24.2 Å². The topological polar surface area (TPSA) is 58.6 Å². The molecule has 0 saturated carbocycles. The Hall–Kier alpha value is -2.11. The van der Waals surface area contributed by atoms with E-state index >= 15 is 0 Å². The van der Waals surface area contributed by atoms with Crippen molar-refractivity contribution in [3.8, 4) is 5.75 Å². The number of carbonyl (C=O) groups is 2. The van der Waals surface area contributed by atoms with Gasteiger partial charge in [0.1, 0.15) is 11.6 Å². The van der Waals surface area contributed by atoms with Crippen LogP contribution in [-0.4, -0.2) is 43.5 Å². The SMILES string of the molecule is CCNC(=O)CN(CC)C(=O)c1cc(F)ccc1OC. The second-order valence-electron chi connectivity index (χ2n) is 4.12. The third kappa shape index (κ3) is 3.94. The number of halogens is 1. The molecular formula is C14H19FN2O3. The van der Waals surface area contributed by atoms with Crippen LogP contribution in [0.5, 0.6) is 5.75 Å². The molecule has 0 spiro atoms. The van der Waals surface area contributed by atoms with E-state index in [0.29, 0.717) is 13.1 Å². The number of benzene rings is 1. The summed E-state index contributed by atoms with van der Waals surface area (Å²) in [6.07, 6.45) is 0. The lowest BCUT2D eigenvalue weighted by Gasteiger charge is -2.21. The minimum Gasteiger partial charge on any atom is -0.496 e. The van der Waals surface area contributed by atoms with Crippen LogP contribution in [0.25, 0.3) is 0 Å². The van der Waals surface area contributed by atoms with E-state index in [0.717, 1.165) is 6.07 Å². The fraction of sp³-hybridized carbons (Fsp3) is 0.429. The highest BCUT2D eigenvalue weighted by Crippen LogP contribution is 2.21. The Morgan fingerprint density at radius 2 is 2.05 bits per heavy atom. The van der Waals surface area contributed by atoms with Gasteiger partial charge in [-0.2, -0.15) is 0 Å². The lowest BCUT2D eigenvalue weighted by Crippen LogP contribution is -2.40. The molecule has 2 amide bonds. The van der Waals surface area contributed by atoms with Crippen molar-refractivity contribution in [2.45, 2.75) is 13.8 Å². The molecule has 110 valence electrons. The van der Waals surface area contributed by atoms with Crippen molar-refractivity contribution in [2.24, 2.45) is 0 Å². The molecule has 1 aromatic carbocycles. The van der Waals surface area contributed by atoms with E-state index in [1.807, 2.05) is 0 Å². The highest BCUT2D eigenvalue weighted by Gasteiger charge is 2.21. The molecule has 0 radical (unpaired) electrons. The molecule has 0 aliphatic carbocycles. The van der Waals surface area contributed by atoms with Crippen molar-refractivity contribution in [3.05, 3.63) is 29.6 Å². The zero-order valence-corrected chi connectivity index (χ0v) is 11.9. The monoisotopic (exact) mass is 282 g/mol. The highest BCUT2D eigenvalue weighted by molar-refractivity contribution is 5.98. The second kappa shape index (κ2) is 7.47. The fourth-order valence-electron chi connectivity index (χ4n) is 1.77. The van der Waals surface area contributed by atoms with Crippen LogP contribution in [0, 0.1) is 5.82 Å². The summed E-state index contributed by atoms with van der Waals surface area (Å²) in [6, 6.07) is 3.72. The number of rotatable bonds is 6. The standard InChI is InChI=1S/C14H19FN2O3/c1-4-16-13(18)9-17(5-2)14(19)11-8-10(15)6-7-12(11)20-3/h6-8H,4-5,9H2,1-3H3,(H,16,18). The van der Waals surface area contributed by atoms with Crippen molar-refractivity contribution >= 4 is 11.8 Å². The molecule has 0 fully saturated rings. The molecule has 0 bridgehead atoms. The number of nitrogens with one attached hydrogen (secondary N) is 1. The van der Waals surface area contributed by atoms with E-state index in [1.165, 1.54) is 24.1 Å². The average molecular weight is 282 g/mol. The van der Waals surface area contributed by atoms with Crippen molar-refractivity contribution in [3.63, 3.8) is 0 Å². The molecule has 0 aromatic heterocycles. The number of methoxy groups -OCH3 is 1. The molecular weight excluding hydrogens is 263 g/mol. The molecule has 0 heterocycles. The van der Waals surface area contributed by atoms with Gasteiger partial charge in [0.15, 0.2) is 0 Å². The van der Waals surface area contributed by atoms with Crippen LogP contribution in [0.2, 0.25) is 0 Å². The van der Waals surface area contributed by atoms with Gasteiger partial charge in [-0.3, -0.25) is 9.59 Å². The Balaban J connectivity index is 2.96. The van der Waals surface area contributed by atoms with E-state index in [2.05, 4.69) is 5.32 Å². The van der Waals surface area contributed by atoms with Crippen LogP contribution in [0.4, 0.5) is 4.39 Å². The van der Waals surface area contributed by atoms with Gasteiger partial charge in [0.25, 0.3) is 5.91 Å². The van der Waals surface area contributed by atoms with Gasteiger partial charge in [-0.25, -0.2) is 4.39 Å². The molecule has 6 heteroatoms. The molecule has 1 N–H and O–H groups in total. The second-order valence-corrected chi connectivity index (χ2v) is 4.12. The molecule has 20 heavy (non-hydrogen) atoms. The summed E-state index contributed by atoms with van der Waals surface area (Å²) < 4.78 is 18.3. The molecule has 1 aromatic rings. The largest absolute Gasteiger partial charge is 0.496 e. The summed E-state index contributed by atoms with van der Waals surface area (Å²) in [5, 5.41) is 2.62. The van der Waals surface area contributed by atoms with Gasteiger partial charge < -0.3 is 15.0 Å². The Bertz CT molecular complexity index is 491. The minimum atomic E-state index is -0.525. The highest BCUT2D eigenvalue weighted by atomic mass is 19.1. The van der Waals surface area contributed by atoms with Crippen molar-refractivity contribution < 1.29 is 18.7 Å². The normalized spacial score (nSPS) is 10.0.